The van der Waals surface area contributed by atoms with E-state index in [0.29, 0.717) is 23.5 Å². The molecule has 0 unspecified atom stereocenters. The Morgan fingerprint density at radius 3 is 2.53 bits per heavy atom. The summed E-state index contributed by atoms with van der Waals surface area (Å²) in [5.41, 5.74) is 4.17. The Bertz CT molecular complexity index is 1280. The van der Waals surface area contributed by atoms with Crippen LogP contribution < -0.4 is 20.2 Å². The molecule has 1 atom stereocenters. The largest absolute Gasteiger partial charge is 0.484 e. The minimum absolute atomic E-state index is 0.110. The number of carbonyl (C=O) groups is 2. The maximum Gasteiger partial charge on any atom is 0.262 e. The molecule has 0 saturated heterocycles. The van der Waals surface area contributed by atoms with E-state index < -0.39 is 11.9 Å². The number of nitrogens with one attached hydrogen (secondary N) is 2. The van der Waals surface area contributed by atoms with Gasteiger partial charge in [0.2, 0.25) is 0 Å². The minimum Gasteiger partial charge on any atom is -0.484 e. The van der Waals surface area contributed by atoms with Gasteiger partial charge in [0.15, 0.2) is 6.61 Å². The second kappa shape index (κ2) is 13.0. The number of para-hydroxylation sites is 1. The highest BCUT2D eigenvalue weighted by Crippen LogP contribution is 2.26. The maximum absolute atomic E-state index is 12.9. The molecule has 0 fully saturated rings. The summed E-state index contributed by atoms with van der Waals surface area (Å²) >= 11 is 0. The van der Waals surface area contributed by atoms with Gasteiger partial charge in [0, 0.05) is 5.56 Å². The van der Waals surface area contributed by atoms with Crippen LogP contribution in [0.2, 0.25) is 0 Å². The maximum atomic E-state index is 12.9. The average Bonchev–Trinajstić information content (AvgIpc) is 2.86. The van der Waals surface area contributed by atoms with Crippen molar-refractivity contribution in [1.29, 1.82) is 0 Å². The molecule has 186 valence electrons. The monoisotopic (exact) mass is 485 g/mol. The number of amides is 2. The van der Waals surface area contributed by atoms with Gasteiger partial charge < -0.3 is 14.8 Å². The summed E-state index contributed by atoms with van der Waals surface area (Å²) < 4.78 is 11.3. The Morgan fingerprint density at radius 2 is 1.78 bits per heavy atom. The molecule has 0 heterocycles. The van der Waals surface area contributed by atoms with Gasteiger partial charge in [-0.3, -0.25) is 9.59 Å². The van der Waals surface area contributed by atoms with Gasteiger partial charge in [-0.2, -0.15) is 5.10 Å². The fraction of sp³-hybridized carbons (Fsp3) is 0.276. The highest BCUT2D eigenvalue weighted by Gasteiger charge is 2.22. The lowest BCUT2D eigenvalue weighted by atomic mass is 10.0. The lowest BCUT2D eigenvalue weighted by Gasteiger charge is -2.19. The Hall–Kier alpha value is -4.31. The second-order valence-corrected chi connectivity index (χ2v) is 8.73. The minimum atomic E-state index is -0.764. The molecule has 0 radical (unpaired) electrons. The molecule has 0 bridgehead atoms. The van der Waals surface area contributed by atoms with Crippen LogP contribution in [0, 0.1) is 25.2 Å². The number of hydrogen-bond donors (Lipinski definition) is 2. The summed E-state index contributed by atoms with van der Waals surface area (Å²) in [6.45, 7) is 5.77. The molecular formula is C29H31N3O4. The Balaban J connectivity index is 1.69. The molecule has 0 saturated carbocycles. The van der Waals surface area contributed by atoms with Crippen LogP contribution in [-0.4, -0.2) is 37.3 Å². The van der Waals surface area contributed by atoms with Crippen molar-refractivity contribution in [3.8, 4) is 23.8 Å². The van der Waals surface area contributed by atoms with Crippen molar-refractivity contribution in [3.63, 3.8) is 0 Å². The zero-order chi connectivity index (χ0) is 25.9. The van der Waals surface area contributed by atoms with E-state index in [1.165, 1.54) is 6.21 Å². The summed E-state index contributed by atoms with van der Waals surface area (Å²) in [5, 5.41) is 8.83. The predicted molar refractivity (Wildman–Crippen MR) is 142 cm³/mol. The third-order valence-electron chi connectivity index (χ3n) is 5.42. The molecule has 3 aromatic rings. The van der Waals surface area contributed by atoms with E-state index in [-0.39, 0.29) is 25.0 Å². The number of hydrogen-bond acceptors (Lipinski definition) is 5. The van der Waals surface area contributed by atoms with Crippen molar-refractivity contribution in [3.05, 3.63) is 71.8 Å². The first-order valence-electron chi connectivity index (χ1n) is 11.8. The van der Waals surface area contributed by atoms with Crippen LogP contribution in [0.3, 0.4) is 0 Å². The van der Waals surface area contributed by atoms with Crippen molar-refractivity contribution < 1.29 is 19.1 Å². The van der Waals surface area contributed by atoms with Gasteiger partial charge in [0.1, 0.15) is 24.1 Å². The highest BCUT2D eigenvalue weighted by molar-refractivity contribution is 6.02. The van der Waals surface area contributed by atoms with Crippen LogP contribution in [0.5, 0.6) is 11.5 Å². The van der Waals surface area contributed by atoms with Crippen molar-refractivity contribution in [2.24, 2.45) is 11.0 Å². The molecule has 0 aliphatic rings. The molecular weight excluding hydrogens is 454 g/mol. The number of aryl methyl sites for hydroxylation is 1. The van der Waals surface area contributed by atoms with Crippen molar-refractivity contribution in [2.75, 3.05) is 13.2 Å². The molecule has 0 aliphatic carbocycles. The van der Waals surface area contributed by atoms with Gasteiger partial charge >= 0.3 is 0 Å². The molecule has 0 aliphatic heterocycles. The van der Waals surface area contributed by atoms with E-state index in [4.69, 9.17) is 15.9 Å². The lowest BCUT2D eigenvalue weighted by Crippen LogP contribution is -2.47. The van der Waals surface area contributed by atoms with Crippen molar-refractivity contribution in [2.45, 2.75) is 33.2 Å². The molecule has 2 amide bonds. The highest BCUT2D eigenvalue weighted by atomic mass is 16.5. The molecule has 0 aromatic heterocycles. The third-order valence-corrected chi connectivity index (χ3v) is 5.42. The Labute approximate surface area is 211 Å². The van der Waals surface area contributed by atoms with Gasteiger partial charge in [0.25, 0.3) is 11.8 Å². The first kappa shape index (κ1) is 26.3. The normalized spacial score (nSPS) is 11.8. The zero-order valence-electron chi connectivity index (χ0n) is 20.8. The van der Waals surface area contributed by atoms with Crippen LogP contribution in [0.4, 0.5) is 0 Å². The molecule has 3 rings (SSSR count). The third kappa shape index (κ3) is 7.34. The fourth-order valence-electron chi connectivity index (χ4n) is 3.69. The molecule has 7 nitrogen and oxygen atoms in total. The lowest BCUT2D eigenvalue weighted by molar-refractivity contribution is -0.130. The van der Waals surface area contributed by atoms with Gasteiger partial charge in [0.05, 0.1) is 6.21 Å². The number of nitrogens with zero attached hydrogens (tertiary/aromatic N) is 1. The number of hydrazone groups is 1. The standard InChI is InChI=1S/C29H31N3O4/c1-5-16-35-27-15-14-22-11-7-8-12-23(22)24(27)18-30-32-29(34)25(17-20(2)3)31-28(33)19-36-26-13-9-6-10-21(26)4/h1,6-15,18,20,25H,16-17,19H2,2-4H3,(H,31,33)(H,32,34)/b30-18-/t25-/m1/s1. The number of benzene rings is 3. The summed E-state index contributed by atoms with van der Waals surface area (Å²) in [6.07, 6.45) is 7.32. The topological polar surface area (TPSA) is 89.0 Å². The number of rotatable bonds is 11. The summed E-state index contributed by atoms with van der Waals surface area (Å²) in [7, 11) is 0. The Morgan fingerprint density at radius 1 is 1.03 bits per heavy atom. The number of terminal acetylenes is 1. The van der Waals surface area contributed by atoms with E-state index in [0.717, 1.165) is 16.3 Å². The molecule has 0 spiro atoms. The van der Waals surface area contributed by atoms with Gasteiger partial charge in [-0.15, -0.1) is 6.42 Å². The first-order valence-corrected chi connectivity index (χ1v) is 11.8. The van der Waals surface area contributed by atoms with Crippen LogP contribution in [0.15, 0.2) is 65.8 Å². The SMILES string of the molecule is C#CCOc1ccc2ccccc2c1/C=N\NC(=O)[C@@H](CC(C)C)NC(=O)COc1ccccc1C. The quantitative estimate of drug-likeness (QED) is 0.242. The summed E-state index contributed by atoms with van der Waals surface area (Å²) in [5.74, 6) is 3.00. The van der Waals surface area contributed by atoms with Crippen LogP contribution >= 0.6 is 0 Å². The fourth-order valence-corrected chi connectivity index (χ4v) is 3.69. The molecule has 7 heteroatoms. The van der Waals surface area contributed by atoms with E-state index >= 15 is 0 Å². The summed E-state index contributed by atoms with van der Waals surface area (Å²) in [6, 6.07) is 18.2. The first-order chi connectivity index (χ1) is 17.4. The van der Waals surface area contributed by atoms with Crippen molar-refractivity contribution >= 4 is 28.8 Å². The number of ether oxygens (including phenoxy) is 2. The predicted octanol–water partition coefficient (Wildman–Crippen LogP) is 4.22. The second-order valence-electron chi connectivity index (χ2n) is 8.73. The van der Waals surface area contributed by atoms with Gasteiger partial charge in [-0.25, -0.2) is 5.43 Å². The van der Waals surface area contributed by atoms with E-state index in [2.05, 4.69) is 21.8 Å². The summed E-state index contributed by atoms with van der Waals surface area (Å²) in [4.78, 5) is 25.4. The van der Waals surface area contributed by atoms with E-state index in [1.54, 1.807) is 6.07 Å². The average molecular weight is 486 g/mol. The van der Waals surface area contributed by atoms with E-state index in [1.807, 2.05) is 75.4 Å². The van der Waals surface area contributed by atoms with Crippen LogP contribution in [0.1, 0.15) is 31.4 Å². The molecule has 2 N–H and O–H groups in total. The van der Waals surface area contributed by atoms with Crippen LogP contribution in [0.25, 0.3) is 10.8 Å². The van der Waals surface area contributed by atoms with Crippen molar-refractivity contribution in [1.82, 2.24) is 10.7 Å². The zero-order valence-corrected chi connectivity index (χ0v) is 20.8. The number of fused-ring (bicyclic) bond motifs is 1. The Kier molecular flexibility index (Phi) is 9.47. The van der Waals surface area contributed by atoms with Gasteiger partial charge in [-0.05, 0) is 47.7 Å². The van der Waals surface area contributed by atoms with Gasteiger partial charge in [-0.1, -0.05) is 68.3 Å². The smallest absolute Gasteiger partial charge is 0.262 e. The van der Waals surface area contributed by atoms with Crippen LogP contribution in [-0.2, 0) is 9.59 Å². The molecule has 3 aromatic carbocycles. The van der Waals surface area contributed by atoms with E-state index in [9.17, 15) is 9.59 Å². The molecule has 36 heavy (non-hydrogen) atoms. The number of carbonyl (C=O) groups excluding carboxylic acids is 2.